The number of hydrogen-bond donors (Lipinski definition) is 6. The summed E-state index contributed by atoms with van der Waals surface area (Å²) >= 11 is 0. The van der Waals surface area contributed by atoms with Gasteiger partial charge in [0.1, 0.15) is 31.8 Å². The number of sulfone groups is 1. The van der Waals surface area contributed by atoms with Crippen LogP contribution in [0.2, 0.25) is 0 Å². The summed E-state index contributed by atoms with van der Waals surface area (Å²) < 4.78 is 46.7. The Hall–Kier alpha value is -7.42. The van der Waals surface area contributed by atoms with Gasteiger partial charge in [0.05, 0.1) is 41.1 Å². The number of rotatable bonds is 29. The minimum absolute atomic E-state index is 0.00417. The molecule has 3 aliphatic rings. The van der Waals surface area contributed by atoms with E-state index < -0.39 is 75.7 Å². The molecule has 432 valence electrons. The van der Waals surface area contributed by atoms with E-state index in [9.17, 15) is 51.9 Å². The number of aliphatic hydroxyl groups is 1. The Morgan fingerprint density at radius 2 is 1.62 bits per heavy atom. The van der Waals surface area contributed by atoms with Crippen molar-refractivity contribution in [1.29, 1.82) is 0 Å². The van der Waals surface area contributed by atoms with Crippen LogP contribution in [0.4, 0.5) is 0 Å². The average Bonchev–Trinajstić information content (AvgIpc) is 4.25. The number of esters is 1. The summed E-state index contributed by atoms with van der Waals surface area (Å²) in [4.78, 5) is 119. The van der Waals surface area contributed by atoms with Gasteiger partial charge in [-0.05, 0) is 81.5 Å². The van der Waals surface area contributed by atoms with E-state index in [2.05, 4.69) is 31.2 Å². The maximum Gasteiger partial charge on any atom is 0.343 e. The van der Waals surface area contributed by atoms with Crippen molar-refractivity contribution in [3.05, 3.63) is 68.8 Å². The number of ketones is 1. The fourth-order valence-electron chi connectivity index (χ4n) is 9.80. The highest BCUT2D eigenvalue weighted by Gasteiger charge is 2.46. The number of carbonyl (C=O) groups is 7. The standard InChI is InChI=1S/C54H70N10O15S/c1-6-54(73)39-20-42-47-37(26-64(42)51(71)38(39)27-77-52(54)72)36(35-19-43-44(79-30-78-43)21-41(35)61-47)25-63(4)46(67)28-76-29-60-45(66)24-57-50(70)40(16-9-10-17-55)62-49(69)34(31(2)3)15-12-14-33(65)13-8-7-11-18-56-48(68)32-22-58-53(59-23-32)80(5,74)75/h19-23,31,34,40,73H,6-18,24-30,55H2,1-5H3,(H,56,68)(H,57,70)(H,60,66)(H,62,69)/t34-,40-,54-/m0/s1. The lowest BCUT2D eigenvalue weighted by molar-refractivity contribution is -0.172. The van der Waals surface area contributed by atoms with Crippen LogP contribution >= 0.6 is 0 Å². The van der Waals surface area contributed by atoms with Crippen molar-refractivity contribution in [3.63, 3.8) is 0 Å². The van der Waals surface area contributed by atoms with Gasteiger partial charge < -0.3 is 60.5 Å². The zero-order valence-corrected chi connectivity index (χ0v) is 46.5. The number of pyridine rings is 2. The fourth-order valence-corrected chi connectivity index (χ4v) is 10.3. The van der Waals surface area contributed by atoms with Crippen LogP contribution in [0.25, 0.3) is 22.3 Å². The molecule has 0 aliphatic carbocycles. The lowest BCUT2D eigenvalue weighted by Crippen LogP contribution is -2.51. The molecule has 0 spiro atoms. The van der Waals surface area contributed by atoms with Gasteiger partial charge in [0.15, 0.2) is 17.1 Å². The van der Waals surface area contributed by atoms with Gasteiger partial charge >= 0.3 is 5.97 Å². The van der Waals surface area contributed by atoms with Crippen molar-refractivity contribution < 1.29 is 66.0 Å². The third-order valence-corrected chi connectivity index (χ3v) is 15.3. The highest BCUT2D eigenvalue weighted by Crippen LogP contribution is 2.43. The number of ether oxygens (including phenoxy) is 4. The second kappa shape index (κ2) is 26.7. The number of fused-ring (bicyclic) bond motifs is 6. The van der Waals surface area contributed by atoms with Crippen LogP contribution in [0, 0.1) is 11.8 Å². The third kappa shape index (κ3) is 14.3. The Morgan fingerprint density at radius 1 is 0.900 bits per heavy atom. The van der Waals surface area contributed by atoms with Crippen molar-refractivity contribution in [3.8, 4) is 22.9 Å². The van der Waals surface area contributed by atoms with Gasteiger partial charge in [-0.1, -0.05) is 27.2 Å². The molecule has 0 radical (unpaired) electrons. The van der Waals surface area contributed by atoms with E-state index in [1.807, 2.05) is 13.8 Å². The monoisotopic (exact) mass is 1130 g/mol. The first-order valence-electron chi connectivity index (χ1n) is 26.8. The minimum atomic E-state index is -3.59. The second-order valence-electron chi connectivity index (χ2n) is 20.5. The summed E-state index contributed by atoms with van der Waals surface area (Å²) in [6.07, 6.45) is 8.06. The maximum absolute atomic E-state index is 14.0. The molecule has 1 aromatic carbocycles. The first-order valence-corrected chi connectivity index (χ1v) is 28.6. The number of aromatic nitrogens is 4. The number of cyclic esters (lactones) is 1. The normalized spacial score (nSPS) is 15.8. The van der Waals surface area contributed by atoms with Gasteiger partial charge in [0, 0.05) is 80.1 Å². The number of carbonyl (C=O) groups excluding carboxylic acids is 7. The summed E-state index contributed by atoms with van der Waals surface area (Å²) in [5.74, 6) is -2.88. The number of nitrogens with two attached hydrogens (primary N) is 1. The highest BCUT2D eigenvalue weighted by atomic mass is 32.2. The molecule has 0 bridgehead atoms. The smallest absolute Gasteiger partial charge is 0.343 e. The predicted octanol–water partition coefficient (Wildman–Crippen LogP) is 1.78. The second-order valence-corrected chi connectivity index (χ2v) is 22.4. The van der Waals surface area contributed by atoms with E-state index in [4.69, 9.17) is 29.7 Å². The number of unbranched alkanes of at least 4 members (excludes halogenated alkanes) is 3. The number of nitrogens with one attached hydrogen (secondary N) is 4. The molecule has 0 fully saturated rings. The number of likely N-dealkylation sites (N-methyl/N-ethyl adjacent to an activating group) is 1. The SMILES string of the molecule is CC[C@@]1(O)C(=O)OCc2c1cc1n(c2=O)Cc2c-1nc1cc3c(cc1c2CN(C)C(=O)COCNC(=O)CNC(=O)[C@H](CCCCN)NC(=O)[C@@H](CCCC(=O)CCCCCNC(=O)c1cnc(S(C)(=O)=O)nc1)C(C)C)OCO3. The van der Waals surface area contributed by atoms with E-state index in [0.29, 0.717) is 109 Å². The quantitative estimate of drug-likeness (QED) is 0.0172. The molecule has 0 saturated carbocycles. The average molecular weight is 1130 g/mol. The molecule has 0 saturated heterocycles. The van der Waals surface area contributed by atoms with E-state index in [0.717, 1.165) is 18.6 Å². The number of benzene rings is 1. The third-order valence-electron chi connectivity index (χ3n) is 14.5. The van der Waals surface area contributed by atoms with Crippen LogP contribution in [0.15, 0.2) is 40.5 Å². The molecule has 4 aromatic rings. The number of Topliss-reactive ketones (excluding diaryl/α,β-unsaturated/α-hetero) is 1. The van der Waals surface area contributed by atoms with Crippen molar-refractivity contribution >= 4 is 62.0 Å². The summed E-state index contributed by atoms with van der Waals surface area (Å²) in [5, 5.41) is 22.3. The van der Waals surface area contributed by atoms with Crippen LogP contribution in [0.1, 0.15) is 124 Å². The molecule has 6 heterocycles. The van der Waals surface area contributed by atoms with Crippen LogP contribution in [0.3, 0.4) is 0 Å². The Bertz CT molecular complexity index is 3190. The summed E-state index contributed by atoms with van der Waals surface area (Å²) in [6, 6.07) is 4.12. The molecule has 3 aromatic heterocycles. The molecule has 80 heavy (non-hydrogen) atoms. The number of amides is 5. The van der Waals surface area contributed by atoms with E-state index in [1.54, 1.807) is 32.2 Å². The Morgan fingerprint density at radius 3 is 2.33 bits per heavy atom. The topological polar surface area (TPSA) is 349 Å². The van der Waals surface area contributed by atoms with Crippen molar-refractivity contribution in [2.45, 2.75) is 128 Å². The Balaban J connectivity index is 0.852. The predicted molar refractivity (Wildman–Crippen MR) is 287 cm³/mol. The number of nitrogens with zero attached hydrogens (tertiary/aromatic N) is 5. The van der Waals surface area contributed by atoms with Gasteiger partial charge in [0.25, 0.3) is 11.5 Å². The lowest BCUT2D eigenvalue weighted by atomic mass is 9.86. The molecular formula is C54H70N10O15S. The molecule has 7 rings (SSSR count). The molecule has 26 heteroatoms. The highest BCUT2D eigenvalue weighted by molar-refractivity contribution is 7.90. The van der Waals surface area contributed by atoms with Crippen LogP contribution in [-0.2, 0) is 73.4 Å². The lowest BCUT2D eigenvalue weighted by Gasteiger charge is -2.31. The van der Waals surface area contributed by atoms with E-state index in [-0.39, 0.29) is 91.9 Å². The van der Waals surface area contributed by atoms with Crippen molar-refractivity contribution in [2.75, 3.05) is 53.1 Å². The summed E-state index contributed by atoms with van der Waals surface area (Å²) in [6.45, 7) is 4.70. The minimum Gasteiger partial charge on any atom is -0.458 e. The van der Waals surface area contributed by atoms with Gasteiger partial charge in [-0.2, -0.15) is 0 Å². The van der Waals surface area contributed by atoms with E-state index in [1.165, 1.54) is 9.47 Å². The van der Waals surface area contributed by atoms with Crippen molar-refractivity contribution in [1.82, 2.24) is 45.7 Å². The molecule has 3 aliphatic heterocycles. The molecule has 0 unspecified atom stereocenters. The summed E-state index contributed by atoms with van der Waals surface area (Å²) in [5.41, 5.74) is 6.34. The zero-order chi connectivity index (χ0) is 57.9. The number of hydrogen-bond acceptors (Lipinski definition) is 19. The first-order chi connectivity index (χ1) is 38.1. The molecule has 3 atom stereocenters. The van der Waals surface area contributed by atoms with Gasteiger partial charge in [-0.3, -0.25) is 33.6 Å². The van der Waals surface area contributed by atoms with Crippen molar-refractivity contribution in [2.24, 2.45) is 17.6 Å². The zero-order valence-electron chi connectivity index (χ0n) is 45.6. The molecule has 5 amide bonds. The first kappa shape index (κ1) is 60.2. The Labute approximate surface area is 462 Å². The maximum atomic E-state index is 14.0. The molecule has 7 N–H and O–H groups in total. The van der Waals surface area contributed by atoms with E-state index >= 15 is 0 Å². The van der Waals surface area contributed by atoms with Crippen LogP contribution < -0.4 is 42.0 Å². The molecular weight excluding hydrogens is 1060 g/mol. The van der Waals surface area contributed by atoms with Crippen LogP contribution in [-0.4, -0.2) is 138 Å². The molecule has 25 nitrogen and oxygen atoms in total. The van der Waals surface area contributed by atoms with Crippen LogP contribution in [0.5, 0.6) is 11.5 Å². The van der Waals surface area contributed by atoms with Gasteiger partial charge in [-0.15, -0.1) is 0 Å². The Kier molecular flexibility index (Phi) is 20.1. The van der Waals surface area contributed by atoms with Gasteiger partial charge in [-0.25, -0.2) is 28.2 Å². The largest absolute Gasteiger partial charge is 0.458 e. The van der Waals surface area contributed by atoms with Gasteiger partial charge in [0.2, 0.25) is 45.4 Å². The fraction of sp³-hybridized carbons (Fsp3) is 0.537. The summed E-state index contributed by atoms with van der Waals surface area (Å²) in [7, 11) is -2.01.